The molecule has 1 N–H and O–H groups in total. The van der Waals surface area contributed by atoms with Gasteiger partial charge in [0.15, 0.2) is 5.65 Å². The number of likely N-dealkylation sites (N-methyl/N-ethyl adjacent to an activating group) is 1. The summed E-state index contributed by atoms with van der Waals surface area (Å²) in [6.07, 6.45) is 10.6. The molecule has 2 saturated heterocycles. The SMILES string of the molecule is CC1CCN(c2nc(NCc3cccc(CC(=O)C4CCCN(C(=O)/C=C/CN(C)C)CC4)c3)n3ncc(C(C)C)c3n2)CC1. The zero-order valence-corrected chi connectivity index (χ0v) is 27.7. The Kier molecular flexibility index (Phi) is 10.9. The number of carbonyl (C=O) groups is 2. The maximum absolute atomic E-state index is 13.4. The molecule has 0 aliphatic carbocycles. The fraction of sp³-hybridized carbons (Fsp3) is 0.571. The number of carbonyl (C=O) groups excluding carboxylic acids is 2. The zero-order chi connectivity index (χ0) is 31.9. The van der Waals surface area contributed by atoms with Crippen molar-refractivity contribution in [1.82, 2.24) is 29.4 Å². The van der Waals surface area contributed by atoms with Gasteiger partial charge in [0.05, 0.1) is 6.20 Å². The van der Waals surface area contributed by atoms with Crippen LogP contribution in [-0.2, 0) is 22.6 Å². The molecule has 0 radical (unpaired) electrons. The minimum Gasteiger partial charge on any atom is -0.350 e. The first kappa shape index (κ1) is 32.6. The lowest BCUT2D eigenvalue weighted by Crippen LogP contribution is -2.34. The molecule has 2 fully saturated rings. The summed E-state index contributed by atoms with van der Waals surface area (Å²) in [6.45, 7) is 11.2. The number of nitrogens with one attached hydrogen (secondary N) is 1. The topological polar surface area (TPSA) is 99.0 Å². The Balaban J connectivity index is 1.23. The Labute approximate surface area is 267 Å². The minimum atomic E-state index is -0.0178. The summed E-state index contributed by atoms with van der Waals surface area (Å²) < 4.78 is 1.82. The number of piperidine rings is 1. The number of likely N-dealkylation sites (tertiary alicyclic amines) is 1. The number of benzene rings is 1. The predicted octanol–water partition coefficient (Wildman–Crippen LogP) is 4.95. The number of amides is 1. The molecule has 5 rings (SSSR count). The average molecular weight is 615 g/mol. The Morgan fingerprint density at radius 2 is 1.82 bits per heavy atom. The van der Waals surface area contributed by atoms with E-state index >= 15 is 0 Å². The van der Waals surface area contributed by atoms with E-state index in [1.54, 1.807) is 6.08 Å². The Morgan fingerprint density at radius 1 is 1.04 bits per heavy atom. The van der Waals surface area contributed by atoms with E-state index in [0.717, 1.165) is 85.9 Å². The number of hydrogen-bond acceptors (Lipinski definition) is 8. The second kappa shape index (κ2) is 15.0. The third-order valence-corrected chi connectivity index (χ3v) is 9.12. The van der Waals surface area contributed by atoms with Crippen molar-refractivity contribution >= 4 is 29.2 Å². The van der Waals surface area contributed by atoms with Crippen molar-refractivity contribution < 1.29 is 9.59 Å². The highest BCUT2D eigenvalue weighted by molar-refractivity contribution is 5.88. The van der Waals surface area contributed by atoms with Gasteiger partial charge in [0.25, 0.3) is 0 Å². The van der Waals surface area contributed by atoms with Gasteiger partial charge in [-0.3, -0.25) is 9.59 Å². The number of rotatable bonds is 11. The molecular formula is C35H50N8O2. The van der Waals surface area contributed by atoms with Crippen molar-refractivity contribution in [2.45, 2.75) is 71.8 Å². The molecule has 2 aliphatic rings. The quantitative estimate of drug-likeness (QED) is 0.303. The van der Waals surface area contributed by atoms with E-state index < -0.39 is 0 Å². The highest BCUT2D eigenvalue weighted by atomic mass is 16.2. The van der Waals surface area contributed by atoms with Gasteiger partial charge < -0.3 is 20.0 Å². The summed E-state index contributed by atoms with van der Waals surface area (Å²) in [5, 5.41) is 8.17. The van der Waals surface area contributed by atoms with E-state index in [0.29, 0.717) is 37.9 Å². The maximum atomic E-state index is 13.4. The molecule has 242 valence electrons. The van der Waals surface area contributed by atoms with E-state index in [1.165, 1.54) is 0 Å². The first-order chi connectivity index (χ1) is 21.7. The van der Waals surface area contributed by atoms with Gasteiger partial charge in [-0.2, -0.15) is 19.6 Å². The monoisotopic (exact) mass is 614 g/mol. The van der Waals surface area contributed by atoms with Gasteiger partial charge in [-0.25, -0.2) is 0 Å². The van der Waals surface area contributed by atoms with Crippen LogP contribution in [0.3, 0.4) is 0 Å². The maximum Gasteiger partial charge on any atom is 0.246 e. The summed E-state index contributed by atoms with van der Waals surface area (Å²) in [5.74, 6) is 2.74. The first-order valence-corrected chi connectivity index (χ1v) is 16.6. The van der Waals surface area contributed by atoms with Crippen LogP contribution >= 0.6 is 0 Å². The molecule has 10 heteroatoms. The van der Waals surface area contributed by atoms with Crippen LogP contribution in [0.15, 0.2) is 42.6 Å². The molecule has 4 heterocycles. The lowest BCUT2D eigenvalue weighted by Gasteiger charge is -2.30. The lowest BCUT2D eigenvalue weighted by atomic mass is 9.91. The first-order valence-electron chi connectivity index (χ1n) is 16.6. The van der Waals surface area contributed by atoms with Gasteiger partial charge >= 0.3 is 0 Å². The third-order valence-electron chi connectivity index (χ3n) is 9.12. The Hall–Kier alpha value is -3.79. The van der Waals surface area contributed by atoms with Crippen LogP contribution in [0, 0.1) is 11.8 Å². The number of nitrogens with zero attached hydrogens (tertiary/aromatic N) is 7. The van der Waals surface area contributed by atoms with Crippen molar-refractivity contribution in [3.63, 3.8) is 0 Å². The summed E-state index contributed by atoms with van der Waals surface area (Å²) in [7, 11) is 3.96. The van der Waals surface area contributed by atoms with Crippen molar-refractivity contribution in [2.75, 3.05) is 57.0 Å². The Bertz CT molecular complexity index is 1490. The predicted molar refractivity (Wildman–Crippen MR) is 180 cm³/mol. The van der Waals surface area contributed by atoms with E-state index in [-0.39, 0.29) is 17.6 Å². The van der Waals surface area contributed by atoms with Gasteiger partial charge in [-0.15, -0.1) is 0 Å². The lowest BCUT2D eigenvalue weighted by molar-refractivity contribution is -0.126. The van der Waals surface area contributed by atoms with E-state index in [1.807, 2.05) is 52.8 Å². The smallest absolute Gasteiger partial charge is 0.246 e. The third kappa shape index (κ3) is 8.48. The van der Waals surface area contributed by atoms with E-state index in [9.17, 15) is 9.59 Å². The zero-order valence-electron chi connectivity index (χ0n) is 27.7. The number of aromatic nitrogens is 4. The molecule has 0 spiro atoms. The van der Waals surface area contributed by atoms with Crippen molar-refractivity contribution in [3.05, 3.63) is 59.3 Å². The second-order valence-corrected chi connectivity index (χ2v) is 13.4. The number of ketones is 1. The van der Waals surface area contributed by atoms with Crippen LogP contribution in [0.5, 0.6) is 0 Å². The summed E-state index contributed by atoms with van der Waals surface area (Å²) in [4.78, 5) is 42.1. The molecule has 45 heavy (non-hydrogen) atoms. The van der Waals surface area contributed by atoms with Crippen molar-refractivity contribution in [2.24, 2.45) is 11.8 Å². The van der Waals surface area contributed by atoms with Gasteiger partial charge in [-0.05, 0) is 69.2 Å². The van der Waals surface area contributed by atoms with Gasteiger partial charge in [0.2, 0.25) is 17.8 Å². The molecular weight excluding hydrogens is 564 g/mol. The molecule has 2 aliphatic heterocycles. The van der Waals surface area contributed by atoms with Gasteiger partial charge in [-0.1, -0.05) is 51.1 Å². The van der Waals surface area contributed by atoms with Crippen LogP contribution in [-0.4, -0.2) is 87.9 Å². The number of anilines is 2. The molecule has 1 atom stereocenters. The minimum absolute atomic E-state index is 0.0178. The molecule has 3 aromatic rings. The van der Waals surface area contributed by atoms with Crippen LogP contribution in [0.2, 0.25) is 0 Å². The molecule has 0 bridgehead atoms. The fourth-order valence-electron chi connectivity index (χ4n) is 6.24. The van der Waals surface area contributed by atoms with Crippen molar-refractivity contribution in [3.8, 4) is 0 Å². The Morgan fingerprint density at radius 3 is 2.58 bits per heavy atom. The molecule has 2 aromatic heterocycles. The average Bonchev–Trinajstić information content (AvgIpc) is 3.29. The molecule has 1 aromatic carbocycles. The summed E-state index contributed by atoms with van der Waals surface area (Å²) in [6, 6.07) is 8.24. The fourth-order valence-corrected chi connectivity index (χ4v) is 6.24. The van der Waals surface area contributed by atoms with Crippen molar-refractivity contribution in [1.29, 1.82) is 0 Å². The summed E-state index contributed by atoms with van der Waals surface area (Å²) in [5.41, 5.74) is 4.06. The van der Waals surface area contributed by atoms with Crippen LogP contribution in [0.25, 0.3) is 5.65 Å². The van der Waals surface area contributed by atoms with Crippen LogP contribution in [0.1, 0.15) is 75.5 Å². The standard InChI is InChI=1S/C35H50N8O2/c1-25(2)30-24-37-43-33(30)38-35(42-18-13-26(3)14-19-42)39-34(43)36-23-28-10-6-9-27(21-28)22-31(44)29-11-7-17-41(20-15-29)32(45)12-8-16-40(4)5/h6,8-10,12,21,24-26,29H,7,11,13-20,22-23H2,1-5H3,(H,36,38,39)/b12-8+. The van der Waals surface area contributed by atoms with Gasteiger partial charge in [0.1, 0.15) is 5.78 Å². The number of Topliss-reactive ketones (excluding diaryl/α,β-unsaturated/α-hetero) is 1. The highest BCUT2D eigenvalue weighted by Crippen LogP contribution is 2.26. The number of hydrogen-bond donors (Lipinski definition) is 1. The molecule has 0 saturated carbocycles. The molecule has 1 amide bonds. The number of fused-ring (bicyclic) bond motifs is 1. The molecule has 10 nitrogen and oxygen atoms in total. The molecule has 1 unspecified atom stereocenters. The normalized spacial score (nSPS) is 18.3. The largest absolute Gasteiger partial charge is 0.350 e. The summed E-state index contributed by atoms with van der Waals surface area (Å²) >= 11 is 0. The van der Waals surface area contributed by atoms with Gasteiger partial charge in [0, 0.05) is 63.2 Å². The highest BCUT2D eigenvalue weighted by Gasteiger charge is 2.25. The van der Waals surface area contributed by atoms with E-state index in [2.05, 4.69) is 48.2 Å². The van der Waals surface area contributed by atoms with Crippen LogP contribution < -0.4 is 10.2 Å². The van der Waals surface area contributed by atoms with E-state index in [4.69, 9.17) is 9.97 Å². The van der Waals surface area contributed by atoms with Crippen LogP contribution in [0.4, 0.5) is 11.9 Å². The second-order valence-electron chi connectivity index (χ2n) is 13.4.